The van der Waals surface area contributed by atoms with Crippen LogP contribution in [0.3, 0.4) is 0 Å². The van der Waals surface area contributed by atoms with E-state index in [9.17, 15) is 4.21 Å². The molecular weight excluding hydrogens is 242 g/mol. The first-order chi connectivity index (χ1) is 8.56. The average Bonchev–Trinajstić information content (AvgIpc) is 2.74. The monoisotopic (exact) mass is 265 g/mol. The summed E-state index contributed by atoms with van der Waals surface area (Å²) in [6.07, 6.45) is 5.52. The Kier molecular flexibility index (Phi) is 4.57. The molecule has 3 unspecified atom stereocenters. The Morgan fingerprint density at radius 2 is 2.00 bits per heavy atom. The molecule has 1 aliphatic carbocycles. The van der Waals surface area contributed by atoms with Crippen molar-refractivity contribution in [1.82, 2.24) is 5.32 Å². The van der Waals surface area contributed by atoms with Crippen molar-refractivity contribution in [2.45, 2.75) is 45.2 Å². The van der Waals surface area contributed by atoms with Gasteiger partial charge in [-0.1, -0.05) is 18.2 Å². The van der Waals surface area contributed by atoms with Crippen molar-refractivity contribution in [3.05, 3.63) is 34.9 Å². The highest BCUT2D eigenvalue weighted by Gasteiger charge is 2.15. The number of hydrogen-bond donors (Lipinski definition) is 1. The maximum atomic E-state index is 11.2. The second kappa shape index (κ2) is 5.98. The summed E-state index contributed by atoms with van der Waals surface area (Å²) in [5.74, 6) is 0.718. The van der Waals surface area contributed by atoms with Crippen molar-refractivity contribution in [2.75, 3.05) is 12.0 Å². The quantitative estimate of drug-likeness (QED) is 0.886. The number of benzene rings is 1. The van der Waals surface area contributed by atoms with Gasteiger partial charge in [-0.05, 0) is 49.8 Å². The molecule has 0 heterocycles. The zero-order chi connectivity index (χ0) is 13.1. The molecule has 1 aliphatic rings. The molecule has 0 radical (unpaired) electrons. The third-order valence-corrected chi connectivity index (χ3v) is 4.61. The van der Waals surface area contributed by atoms with Gasteiger partial charge in [-0.25, -0.2) is 0 Å². The molecule has 3 atom stereocenters. The lowest BCUT2D eigenvalue weighted by Gasteiger charge is -2.20. The van der Waals surface area contributed by atoms with Crippen LogP contribution >= 0.6 is 0 Å². The second-order valence-electron chi connectivity index (χ2n) is 5.41. The van der Waals surface area contributed by atoms with E-state index in [1.807, 2.05) is 0 Å². The molecule has 0 aromatic heterocycles. The molecule has 1 aromatic rings. The smallest absolute Gasteiger partial charge is 0.0383 e. The van der Waals surface area contributed by atoms with Crippen molar-refractivity contribution in [1.29, 1.82) is 0 Å². The van der Waals surface area contributed by atoms with Crippen LogP contribution in [0.5, 0.6) is 0 Å². The molecule has 2 nitrogen and oxygen atoms in total. The summed E-state index contributed by atoms with van der Waals surface area (Å²) >= 11 is 0. The Bertz CT molecular complexity index is 444. The molecule has 3 heteroatoms. The van der Waals surface area contributed by atoms with Gasteiger partial charge in [0.25, 0.3) is 0 Å². The van der Waals surface area contributed by atoms with Gasteiger partial charge in [0.2, 0.25) is 0 Å². The number of hydrogen-bond acceptors (Lipinski definition) is 2. The van der Waals surface area contributed by atoms with Gasteiger partial charge in [0, 0.05) is 34.9 Å². The lowest BCUT2D eigenvalue weighted by Crippen LogP contribution is -2.33. The maximum Gasteiger partial charge on any atom is 0.0383 e. The van der Waals surface area contributed by atoms with Crippen molar-refractivity contribution >= 4 is 10.8 Å². The summed E-state index contributed by atoms with van der Waals surface area (Å²) in [5, 5.41) is 3.53. The lowest BCUT2D eigenvalue weighted by molar-refractivity contribution is 0.508. The van der Waals surface area contributed by atoms with Gasteiger partial charge in [0.05, 0.1) is 0 Å². The standard InChI is InChI=1S/C15H23NOS/c1-11(10-18(3)17)16-12(2)14-8-7-13-5-4-6-15(13)9-14/h7-9,11-12,16H,4-6,10H2,1-3H3. The predicted molar refractivity (Wildman–Crippen MR) is 78.4 cm³/mol. The predicted octanol–water partition coefficient (Wildman–Crippen LogP) is 2.59. The minimum atomic E-state index is -0.731. The molecule has 18 heavy (non-hydrogen) atoms. The molecule has 1 aromatic carbocycles. The minimum absolute atomic E-state index is 0.291. The normalized spacial score (nSPS) is 19.3. The Morgan fingerprint density at radius 3 is 2.72 bits per heavy atom. The van der Waals surface area contributed by atoms with Gasteiger partial charge in [0.15, 0.2) is 0 Å². The van der Waals surface area contributed by atoms with E-state index in [1.165, 1.54) is 36.0 Å². The summed E-state index contributed by atoms with van der Waals surface area (Å²) in [5.41, 5.74) is 4.39. The number of aryl methyl sites for hydroxylation is 2. The zero-order valence-corrected chi connectivity index (χ0v) is 12.3. The molecule has 0 aliphatic heterocycles. The van der Waals surface area contributed by atoms with Gasteiger partial charge in [-0.3, -0.25) is 4.21 Å². The Hall–Kier alpha value is -0.670. The molecule has 1 N–H and O–H groups in total. The van der Waals surface area contributed by atoms with Crippen LogP contribution in [0.15, 0.2) is 18.2 Å². The van der Waals surface area contributed by atoms with E-state index in [2.05, 4.69) is 37.4 Å². The highest BCUT2D eigenvalue weighted by molar-refractivity contribution is 7.84. The molecule has 0 saturated heterocycles. The number of rotatable bonds is 5. The van der Waals surface area contributed by atoms with Crippen LogP contribution in [0.1, 0.15) is 43.0 Å². The van der Waals surface area contributed by atoms with E-state index < -0.39 is 10.8 Å². The SMILES string of the molecule is CC(CS(C)=O)NC(C)c1ccc2c(c1)CCC2. The third-order valence-electron chi connectivity index (χ3n) is 3.64. The molecule has 0 bridgehead atoms. The van der Waals surface area contributed by atoms with Gasteiger partial charge >= 0.3 is 0 Å². The molecule has 0 spiro atoms. The van der Waals surface area contributed by atoms with Gasteiger partial charge in [-0.2, -0.15) is 0 Å². The molecule has 2 rings (SSSR count). The first-order valence-electron chi connectivity index (χ1n) is 6.74. The summed E-state index contributed by atoms with van der Waals surface area (Å²) in [4.78, 5) is 0. The van der Waals surface area contributed by atoms with E-state index >= 15 is 0 Å². The first-order valence-corrected chi connectivity index (χ1v) is 8.46. The molecular formula is C15H23NOS. The molecule has 100 valence electrons. The lowest BCUT2D eigenvalue weighted by atomic mass is 10.0. The number of fused-ring (bicyclic) bond motifs is 1. The summed E-state index contributed by atoms with van der Waals surface area (Å²) in [6, 6.07) is 7.47. The maximum absolute atomic E-state index is 11.2. The Labute approximate surface area is 113 Å². The average molecular weight is 265 g/mol. The Morgan fingerprint density at radius 1 is 1.28 bits per heavy atom. The summed E-state index contributed by atoms with van der Waals surface area (Å²) in [7, 11) is -0.731. The van der Waals surface area contributed by atoms with Crippen LogP contribution in [-0.4, -0.2) is 22.3 Å². The van der Waals surface area contributed by atoms with E-state index in [4.69, 9.17) is 0 Å². The van der Waals surface area contributed by atoms with Gasteiger partial charge in [-0.15, -0.1) is 0 Å². The van der Waals surface area contributed by atoms with Crippen molar-refractivity contribution < 1.29 is 4.21 Å². The van der Waals surface area contributed by atoms with Crippen LogP contribution < -0.4 is 5.32 Å². The molecule has 0 amide bonds. The highest BCUT2D eigenvalue weighted by Crippen LogP contribution is 2.25. The topological polar surface area (TPSA) is 29.1 Å². The fraction of sp³-hybridized carbons (Fsp3) is 0.600. The Balaban J connectivity index is 2.00. The van der Waals surface area contributed by atoms with Crippen molar-refractivity contribution in [3.63, 3.8) is 0 Å². The molecule has 0 saturated carbocycles. The molecule has 0 fully saturated rings. The van der Waals surface area contributed by atoms with Crippen LogP contribution in [0.4, 0.5) is 0 Å². The van der Waals surface area contributed by atoms with Crippen LogP contribution in [0.2, 0.25) is 0 Å². The fourth-order valence-electron chi connectivity index (χ4n) is 2.78. The van der Waals surface area contributed by atoms with Crippen LogP contribution in [0, 0.1) is 0 Å². The van der Waals surface area contributed by atoms with Gasteiger partial charge in [0.1, 0.15) is 0 Å². The highest BCUT2D eigenvalue weighted by atomic mass is 32.2. The zero-order valence-electron chi connectivity index (χ0n) is 11.5. The minimum Gasteiger partial charge on any atom is -0.307 e. The second-order valence-corrected chi connectivity index (χ2v) is 6.89. The van der Waals surface area contributed by atoms with E-state index in [0.717, 1.165) is 5.75 Å². The van der Waals surface area contributed by atoms with Crippen LogP contribution in [0.25, 0.3) is 0 Å². The summed E-state index contributed by atoms with van der Waals surface area (Å²) < 4.78 is 11.2. The third kappa shape index (κ3) is 3.42. The van der Waals surface area contributed by atoms with Crippen molar-refractivity contribution in [2.24, 2.45) is 0 Å². The first kappa shape index (κ1) is 13.8. The fourth-order valence-corrected chi connectivity index (χ4v) is 3.58. The van der Waals surface area contributed by atoms with Crippen molar-refractivity contribution in [3.8, 4) is 0 Å². The van der Waals surface area contributed by atoms with Gasteiger partial charge < -0.3 is 5.32 Å². The van der Waals surface area contributed by atoms with E-state index in [0.29, 0.717) is 12.1 Å². The summed E-state index contributed by atoms with van der Waals surface area (Å²) in [6.45, 7) is 4.29. The van der Waals surface area contributed by atoms with Crippen LogP contribution in [-0.2, 0) is 23.6 Å². The van der Waals surface area contributed by atoms with E-state index in [1.54, 1.807) is 6.26 Å². The van der Waals surface area contributed by atoms with E-state index in [-0.39, 0.29) is 0 Å². The number of nitrogens with one attached hydrogen (secondary N) is 1. The largest absolute Gasteiger partial charge is 0.307 e.